The van der Waals surface area contributed by atoms with Crippen LogP contribution < -0.4 is 5.32 Å². The summed E-state index contributed by atoms with van der Waals surface area (Å²) >= 11 is 0. The van der Waals surface area contributed by atoms with Gasteiger partial charge in [-0.15, -0.1) is 0 Å². The van der Waals surface area contributed by atoms with Gasteiger partial charge in [-0.3, -0.25) is 0 Å². The van der Waals surface area contributed by atoms with Crippen molar-refractivity contribution in [2.75, 3.05) is 6.54 Å². The highest BCUT2D eigenvalue weighted by Crippen LogP contribution is 2.44. The fraction of sp³-hybridized carbons (Fsp3) is 0.625. The maximum Gasteiger partial charge on any atom is 0.0992 e. The number of fused-ring (bicyclic) bond motifs is 2. The van der Waals surface area contributed by atoms with Gasteiger partial charge in [0, 0.05) is 12.6 Å². The van der Waals surface area contributed by atoms with E-state index in [2.05, 4.69) is 5.32 Å². The molecule has 1 aromatic rings. The highest BCUT2D eigenvalue weighted by Gasteiger charge is 2.39. The summed E-state index contributed by atoms with van der Waals surface area (Å²) in [4.78, 5) is 0. The Morgan fingerprint density at radius 3 is 2.61 bits per heavy atom. The molecule has 2 nitrogen and oxygen atoms in total. The molecule has 4 atom stereocenters. The summed E-state index contributed by atoms with van der Waals surface area (Å²) in [6.45, 7) is 2.56. The third kappa shape index (κ3) is 2.32. The van der Waals surface area contributed by atoms with E-state index in [1.54, 1.807) is 0 Å². The monoisotopic (exact) mass is 245 g/mol. The zero-order valence-corrected chi connectivity index (χ0v) is 11.1. The standard InChI is InChI=1S/C16H23NO/c1-16(18,14-5-3-2-4-6-14)11-17-15-10-12-7-8-13(15)9-12/h2-6,12-13,15,17-18H,7-11H2,1H3. The van der Waals surface area contributed by atoms with Crippen LogP contribution in [0.4, 0.5) is 0 Å². The molecule has 2 heteroatoms. The largest absolute Gasteiger partial charge is 0.384 e. The van der Waals surface area contributed by atoms with Gasteiger partial charge in [0.25, 0.3) is 0 Å². The summed E-state index contributed by atoms with van der Waals surface area (Å²) in [5.41, 5.74) is 0.240. The van der Waals surface area contributed by atoms with Crippen molar-refractivity contribution < 1.29 is 5.11 Å². The maximum absolute atomic E-state index is 10.6. The SMILES string of the molecule is CC(O)(CNC1CC2CCC1C2)c1ccccc1. The van der Waals surface area contributed by atoms with E-state index in [9.17, 15) is 5.11 Å². The summed E-state index contributed by atoms with van der Waals surface area (Å²) in [7, 11) is 0. The van der Waals surface area contributed by atoms with Gasteiger partial charge in [0.1, 0.15) is 0 Å². The number of rotatable bonds is 4. The lowest BCUT2D eigenvalue weighted by Crippen LogP contribution is -2.43. The van der Waals surface area contributed by atoms with Crippen LogP contribution in [0, 0.1) is 11.8 Å². The summed E-state index contributed by atoms with van der Waals surface area (Å²) in [5, 5.41) is 14.2. The van der Waals surface area contributed by atoms with Crippen molar-refractivity contribution in [3.05, 3.63) is 35.9 Å². The Balaban J connectivity index is 1.59. The number of benzene rings is 1. The van der Waals surface area contributed by atoms with Crippen LogP contribution >= 0.6 is 0 Å². The highest BCUT2D eigenvalue weighted by molar-refractivity contribution is 5.21. The van der Waals surface area contributed by atoms with Gasteiger partial charge in [-0.2, -0.15) is 0 Å². The molecule has 3 rings (SSSR count). The minimum Gasteiger partial charge on any atom is -0.384 e. The summed E-state index contributed by atoms with van der Waals surface area (Å²) in [6.07, 6.45) is 5.54. The molecule has 0 aliphatic heterocycles. The zero-order chi connectivity index (χ0) is 12.6. The number of nitrogens with one attached hydrogen (secondary N) is 1. The first-order chi connectivity index (χ1) is 8.65. The molecule has 0 amide bonds. The van der Waals surface area contributed by atoms with Crippen LogP contribution in [0.5, 0.6) is 0 Å². The lowest BCUT2D eigenvalue weighted by Gasteiger charge is -2.29. The van der Waals surface area contributed by atoms with Crippen molar-refractivity contribution in [3.63, 3.8) is 0 Å². The molecule has 0 spiro atoms. The second kappa shape index (κ2) is 4.67. The first-order valence-electron chi connectivity index (χ1n) is 7.16. The van der Waals surface area contributed by atoms with Crippen molar-refractivity contribution >= 4 is 0 Å². The van der Waals surface area contributed by atoms with Crippen LogP contribution in [0.25, 0.3) is 0 Å². The van der Waals surface area contributed by atoms with Crippen LogP contribution in [0.15, 0.2) is 30.3 Å². The number of hydrogen-bond donors (Lipinski definition) is 2. The quantitative estimate of drug-likeness (QED) is 0.855. The first kappa shape index (κ1) is 12.2. The van der Waals surface area contributed by atoms with E-state index >= 15 is 0 Å². The highest BCUT2D eigenvalue weighted by atomic mass is 16.3. The fourth-order valence-electron chi connectivity index (χ4n) is 3.72. The average molecular weight is 245 g/mol. The summed E-state index contributed by atoms with van der Waals surface area (Å²) in [5.74, 6) is 1.82. The van der Waals surface area contributed by atoms with Crippen molar-refractivity contribution in [2.24, 2.45) is 11.8 Å². The van der Waals surface area contributed by atoms with E-state index in [4.69, 9.17) is 0 Å². The van der Waals surface area contributed by atoms with Gasteiger partial charge in [0.05, 0.1) is 5.60 Å². The second-order valence-electron chi connectivity index (χ2n) is 6.30. The molecule has 2 fully saturated rings. The lowest BCUT2D eigenvalue weighted by molar-refractivity contribution is 0.0514. The van der Waals surface area contributed by atoms with E-state index < -0.39 is 5.60 Å². The maximum atomic E-state index is 10.6. The van der Waals surface area contributed by atoms with E-state index in [-0.39, 0.29) is 0 Å². The third-order valence-corrected chi connectivity index (χ3v) is 4.84. The van der Waals surface area contributed by atoms with Gasteiger partial charge in [-0.05, 0) is 43.6 Å². The van der Waals surface area contributed by atoms with Crippen LogP contribution in [0.2, 0.25) is 0 Å². The summed E-state index contributed by atoms with van der Waals surface area (Å²) in [6, 6.07) is 10.6. The molecule has 98 valence electrons. The van der Waals surface area contributed by atoms with Crippen molar-refractivity contribution in [1.29, 1.82) is 0 Å². The van der Waals surface area contributed by atoms with Gasteiger partial charge in [-0.1, -0.05) is 36.8 Å². The molecule has 2 aliphatic rings. The molecule has 18 heavy (non-hydrogen) atoms. The molecule has 2 saturated carbocycles. The molecule has 0 radical (unpaired) electrons. The topological polar surface area (TPSA) is 32.3 Å². The lowest BCUT2D eigenvalue weighted by atomic mass is 9.92. The van der Waals surface area contributed by atoms with E-state index in [0.29, 0.717) is 12.6 Å². The van der Waals surface area contributed by atoms with E-state index in [1.807, 2.05) is 37.3 Å². The van der Waals surface area contributed by atoms with Crippen LogP contribution in [0.1, 0.15) is 38.2 Å². The van der Waals surface area contributed by atoms with Gasteiger partial charge in [0.15, 0.2) is 0 Å². The molecule has 4 unspecified atom stereocenters. The van der Waals surface area contributed by atoms with Crippen LogP contribution in [-0.4, -0.2) is 17.7 Å². The average Bonchev–Trinajstić information content (AvgIpc) is 3.00. The molecular formula is C16H23NO. The zero-order valence-electron chi connectivity index (χ0n) is 11.1. The van der Waals surface area contributed by atoms with Crippen molar-refractivity contribution in [2.45, 2.75) is 44.2 Å². The minimum absolute atomic E-state index is 0.638. The van der Waals surface area contributed by atoms with Crippen LogP contribution in [-0.2, 0) is 5.60 Å². The normalized spacial score (nSPS) is 33.6. The Kier molecular flexibility index (Phi) is 3.16. The van der Waals surface area contributed by atoms with Crippen molar-refractivity contribution in [3.8, 4) is 0 Å². The molecule has 0 saturated heterocycles. The predicted octanol–water partition coefficient (Wildman–Crippen LogP) is 2.67. The molecule has 2 N–H and O–H groups in total. The van der Waals surface area contributed by atoms with Gasteiger partial charge in [0.2, 0.25) is 0 Å². The molecule has 2 bridgehead atoms. The number of aliphatic hydroxyl groups is 1. The third-order valence-electron chi connectivity index (χ3n) is 4.84. The molecule has 1 aromatic carbocycles. The first-order valence-corrected chi connectivity index (χ1v) is 7.16. The Morgan fingerprint density at radius 2 is 2.00 bits per heavy atom. The van der Waals surface area contributed by atoms with E-state index in [0.717, 1.165) is 17.4 Å². The Hall–Kier alpha value is -0.860. The molecular weight excluding hydrogens is 222 g/mol. The minimum atomic E-state index is -0.761. The van der Waals surface area contributed by atoms with Gasteiger partial charge in [-0.25, -0.2) is 0 Å². The fourth-order valence-corrected chi connectivity index (χ4v) is 3.72. The molecule has 0 heterocycles. The predicted molar refractivity (Wildman–Crippen MR) is 73.3 cm³/mol. The van der Waals surface area contributed by atoms with Crippen LogP contribution in [0.3, 0.4) is 0 Å². The van der Waals surface area contributed by atoms with E-state index in [1.165, 1.54) is 25.7 Å². The molecule has 0 aromatic heterocycles. The Labute approximate surface area is 109 Å². The second-order valence-corrected chi connectivity index (χ2v) is 6.30. The smallest absolute Gasteiger partial charge is 0.0992 e. The van der Waals surface area contributed by atoms with Gasteiger partial charge >= 0.3 is 0 Å². The Bertz CT molecular complexity index is 401. The Morgan fingerprint density at radius 1 is 1.22 bits per heavy atom. The number of hydrogen-bond acceptors (Lipinski definition) is 2. The molecule has 2 aliphatic carbocycles. The van der Waals surface area contributed by atoms with Gasteiger partial charge < -0.3 is 10.4 Å². The summed E-state index contributed by atoms with van der Waals surface area (Å²) < 4.78 is 0. The van der Waals surface area contributed by atoms with Crippen molar-refractivity contribution in [1.82, 2.24) is 5.32 Å².